The van der Waals surface area contributed by atoms with Crippen LogP contribution in [0.1, 0.15) is 30.0 Å². The number of nitrogens with zero attached hydrogens (tertiary/aromatic N) is 1. The number of amides is 1. The second-order valence-electron chi connectivity index (χ2n) is 4.11. The Hall–Kier alpha value is -1.43. The fourth-order valence-electron chi connectivity index (χ4n) is 2.09. The number of furan rings is 1. The Morgan fingerprint density at radius 2 is 2.33 bits per heavy atom. The molecule has 0 aliphatic carbocycles. The molecule has 0 bridgehead atoms. The molecule has 0 saturated carbocycles. The molecule has 1 saturated heterocycles. The Morgan fingerprint density at radius 3 is 2.94 bits per heavy atom. The summed E-state index contributed by atoms with van der Waals surface area (Å²) in [5.41, 5.74) is 0.470. The minimum atomic E-state index is -0.957. The van der Waals surface area contributed by atoms with E-state index >= 15 is 0 Å². The summed E-state index contributed by atoms with van der Waals surface area (Å²) in [6, 6.07) is 0.854. The smallest absolute Gasteiger partial charge is 0.327 e. The van der Waals surface area contributed by atoms with Crippen LogP contribution in [0.25, 0.3) is 0 Å². The second-order valence-corrected chi connectivity index (χ2v) is 5.46. The van der Waals surface area contributed by atoms with Gasteiger partial charge in [0.05, 0.1) is 17.2 Å². The molecule has 0 radical (unpaired) electrons. The van der Waals surface area contributed by atoms with E-state index in [4.69, 9.17) is 9.52 Å². The van der Waals surface area contributed by atoms with Gasteiger partial charge in [-0.25, -0.2) is 4.79 Å². The van der Waals surface area contributed by atoms with Crippen molar-refractivity contribution in [3.05, 3.63) is 23.7 Å². The van der Waals surface area contributed by atoms with E-state index in [1.54, 1.807) is 6.07 Å². The first-order valence-corrected chi connectivity index (χ1v) is 6.84. The van der Waals surface area contributed by atoms with Gasteiger partial charge in [0, 0.05) is 12.2 Å². The van der Waals surface area contributed by atoms with Crippen LogP contribution in [0.3, 0.4) is 0 Å². The molecule has 1 aromatic heterocycles. The summed E-state index contributed by atoms with van der Waals surface area (Å²) in [4.78, 5) is 25.0. The SMILES string of the molecule is CCc1occc1C(=O)N1C(C)SCC1C(=O)O. The molecule has 5 nitrogen and oxygen atoms in total. The molecule has 1 aromatic rings. The van der Waals surface area contributed by atoms with Crippen LogP contribution < -0.4 is 0 Å². The maximum Gasteiger partial charge on any atom is 0.327 e. The molecule has 98 valence electrons. The number of carbonyl (C=O) groups excluding carboxylic acids is 1. The van der Waals surface area contributed by atoms with Crippen LogP contribution in [0.4, 0.5) is 0 Å². The number of hydrogen-bond donors (Lipinski definition) is 1. The third-order valence-electron chi connectivity index (χ3n) is 3.04. The lowest BCUT2D eigenvalue weighted by Gasteiger charge is -2.24. The molecule has 18 heavy (non-hydrogen) atoms. The quantitative estimate of drug-likeness (QED) is 0.906. The van der Waals surface area contributed by atoms with Crippen molar-refractivity contribution in [3.63, 3.8) is 0 Å². The number of rotatable bonds is 3. The van der Waals surface area contributed by atoms with Gasteiger partial charge in [-0.3, -0.25) is 4.79 Å². The Kier molecular flexibility index (Phi) is 3.65. The first-order valence-electron chi connectivity index (χ1n) is 5.79. The Morgan fingerprint density at radius 1 is 1.61 bits per heavy atom. The van der Waals surface area contributed by atoms with Gasteiger partial charge in [0.15, 0.2) is 0 Å². The lowest BCUT2D eigenvalue weighted by atomic mass is 10.1. The topological polar surface area (TPSA) is 70.8 Å². The first-order chi connectivity index (χ1) is 8.56. The average Bonchev–Trinajstić information content (AvgIpc) is 2.93. The molecule has 2 rings (SSSR count). The Labute approximate surface area is 109 Å². The number of aliphatic carboxylic acids is 1. The van der Waals surface area contributed by atoms with Crippen LogP contribution in [0.5, 0.6) is 0 Å². The van der Waals surface area contributed by atoms with Crippen LogP contribution in [0, 0.1) is 0 Å². The van der Waals surface area contributed by atoms with Gasteiger partial charge < -0.3 is 14.4 Å². The van der Waals surface area contributed by atoms with E-state index < -0.39 is 12.0 Å². The van der Waals surface area contributed by atoms with Gasteiger partial charge in [0.2, 0.25) is 0 Å². The van der Waals surface area contributed by atoms with Gasteiger partial charge in [-0.15, -0.1) is 11.8 Å². The van der Waals surface area contributed by atoms with E-state index in [0.717, 1.165) is 0 Å². The normalized spacial score (nSPS) is 23.3. The zero-order valence-electron chi connectivity index (χ0n) is 10.3. The number of carboxylic acid groups (broad SMARTS) is 1. The summed E-state index contributed by atoms with van der Waals surface area (Å²) in [6.07, 6.45) is 2.08. The number of aryl methyl sites for hydroxylation is 1. The van der Waals surface area contributed by atoms with E-state index in [-0.39, 0.29) is 11.3 Å². The Bertz CT molecular complexity index is 470. The fourth-order valence-corrected chi connectivity index (χ4v) is 3.25. The van der Waals surface area contributed by atoms with Crippen molar-refractivity contribution < 1.29 is 19.1 Å². The minimum absolute atomic E-state index is 0.127. The molecule has 1 fully saturated rings. The van der Waals surface area contributed by atoms with Crippen LogP contribution in [0.15, 0.2) is 16.7 Å². The van der Waals surface area contributed by atoms with Crippen molar-refractivity contribution >= 4 is 23.6 Å². The highest BCUT2D eigenvalue weighted by Crippen LogP contribution is 2.31. The highest BCUT2D eigenvalue weighted by atomic mass is 32.2. The van der Waals surface area contributed by atoms with Crippen LogP contribution in [-0.2, 0) is 11.2 Å². The van der Waals surface area contributed by atoms with Crippen LogP contribution in [-0.4, -0.2) is 39.1 Å². The average molecular weight is 269 g/mol. The fraction of sp³-hybridized carbons (Fsp3) is 0.500. The van der Waals surface area contributed by atoms with Gasteiger partial charge in [-0.1, -0.05) is 6.92 Å². The molecule has 1 aliphatic rings. The van der Waals surface area contributed by atoms with Crippen molar-refractivity contribution in [2.45, 2.75) is 31.7 Å². The standard InChI is InChI=1S/C12H15NO4S/c1-3-10-8(4-5-17-10)11(14)13-7(2)18-6-9(13)12(15)16/h4-5,7,9H,3,6H2,1-2H3,(H,15,16). The molecule has 1 amide bonds. The second kappa shape index (κ2) is 5.06. The van der Waals surface area contributed by atoms with Crippen molar-refractivity contribution in [1.29, 1.82) is 0 Å². The van der Waals surface area contributed by atoms with Crippen LogP contribution >= 0.6 is 11.8 Å². The summed E-state index contributed by atoms with van der Waals surface area (Å²) < 4.78 is 5.22. The van der Waals surface area contributed by atoms with E-state index in [1.807, 2.05) is 13.8 Å². The lowest BCUT2D eigenvalue weighted by molar-refractivity contribution is -0.141. The first kappa shape index (κ1) is 13.0. The highest BCUT2D eigenvalue weighted by molar-refractivity contribution is 8.00. The van der Waals surface area contributed by atoms with E-state index in [2.05, 4.69) is 0 Å². The van der Waals surface area contributed by atoms with Crippen molar-refractivity contribution in [3.8, 4) is 0 Å². The molecule has 2 heterocycles. The summed E-state index contributed by atoms with van der Waals surface area (Å²) in [6.45, 7) is 3.74. The van der Waals surface area contributed by atoms with Gasteiger partial charge in [0.1, 0.15) is 11.8 Å². The highest BCUT2D eigenvalue weighted by Gasteiger charge is 2.40. The number of thioether (sulfide) groups is 1. The minimum Gasteiger partial charge on any atom is -0.480 e. The van der Waals surface area contributed by atoms with E-state index in [1.165, 1.54) is 22.9 Å². The van der Waals surface area contributed by atoms with Crippen molar-refractivity contribution in [1.82, 2.24) is 4.90 Å². The summed E-state index contributed by atoms with van der Waals surface area (Å²) >= 11 is 1.47. The monoisotopic (exact) mass is 269 g/mol. The van der Waals surface area contributed by atoms with E-state index in [0.29, 0.717) is 23.5 Å². The van der Waals surface area contributed by atoms with Gasteiger partial charge >= 0.3 is 5.97 Å². The molecule has 6 heteroatoms. The lowest BCUT2D eigenvalue weighted by Crippen LogP contribution is -2.44. The predicted octanol–water partition coefficient (Wildman–Crippen LogP) is 1.83. The molecule has 2 unspecified atom stereocenters. The van der Waals surface area contributed by atoms with Gasteiger partial charge in [-0.05, 0) is 13.0 Å². The Balaban J connectivity index is 2.29. The largest absolute Gasteiger partial charge is 0.480 e. The molecule has 0 spiro atoms. The number of hydrogen-bond acceptors (Lipinski definition) is 4. The third-order valence-corrected chi connectivity index (χ3v) is 4.26. The van der Waals surface area contributed by atoms with Crippen molar-refractivity contribution in [2.24, 2.45) is 0 Å². The molecule has 0 aromatic carbocycles. The zero-order valence-corrected chi connectivity index (χ0v) is 11.1. The maximum absolute atomic E-state index is 12.4. The zero-order chi connectivity index (χ0) is 13.3. The summed E-state index contributed by atoms with van der Waals surface area (Å²) in [7, 11) is 0. The molecule has 1 aliphatic heterocycles. The summed E-state index contributed by atoms with van der Waals surface area (Å²) in [5, 5.41) is 9.02. The number of carbonyl (C=O) groups is 2. The predicted molar refractivity (Wildman–Crippen MR) is 67.6 cm³/mol. The van der Waals surface area contributed by atoms with Gasteiger partial charge in [-0.2, -0.15) is 0 Å². The van der Waals surface area contributed by atoms with Crippen molar-refractivity contribution in [2.75, 3.05) is 5.75 Å². The third kappa shape index (κ3) is 2.12. The molecular weight excluding hydrogens is 254 g/mol. The summed E-state index contributed by atoms with van der Waals surface area (Å²) in [5.74, 6) is -0.179. The number of carboxylic acids is 1. The maximum atomic E-state index is 12.4. The molecular formula is C12H15NO4S. The molecule has 2 atom stereocenters. The molecule has 1 N–H and O–H groups in total. The van der Waals surface area contributed by atoms with Crippen LogP contribution in [0.2, 0.25) is 0 Å². The van der Waals surface area contributed by atoms with E-state index in [9.17, 15) is 9.59 Å². The van der Waals surface area contributed by atoms with Gasteiger partial charge in [0.25, 0.3) is 5.91 Å².